The van der Waals surface area contributed by atoms with Crippen LogP contribution in [0.15, 0.2) is 48.5 Å². The van der Waals surface area contributed by atoms with Crippen LogP contribution in [0.5, 0.6) is 5.75 Å². The molecule has 0 heterocycles. The Morgan fingerprint density at radius 2 is 1.44 bits per heavy atom. The van der Waals surface area contributed by atoms with Crippen molar-refractivity contribution in [2.75, 3.05) is 0 Å². The van der Waals surface area contributed by atoms with E-state index in [1.807, 2.05) is 24.3 Å². The summed E-state index contributed by atoms with van der Waals surface area (Å²) in [5, 5.41) is 9.32. The van der Waals surface area contributed by atoms with Crippen molar-refractivity contribution in [1.82, 2.24) is 0 Å². The Kier molecular flexibility index (Phi) is 4.42. The molecule has 18 heavy (non-hydrogen) atoms. The molecule has 2 nitrogen and oxygen atoms in total. The minimum absolute atomic E-state index is 0.211. The third-order valence-corrected chi connectivity index (χ3v) is 4.86. The Morgan fingerprint density at radius 1 is 1.00 bits per heavy atom. The number of benzene rings is 2. The number of rotatable bonds is 3. The van der Waals surface area contributed by atoms with Crippen LogP contribution in [0.25, 0.3) is 0 Å². The minimum Gasteiger partial charge on any atom is -0.508 e. The van der Waals surface area contributed by atoms with Gasteiger partial charge in [-0.05, 0) is 79.6 Å². The van der Waals surface area contributed by atoms with Crippen LogP contribution in [0, 0.1) is 3.57 Å². The minimum atomic E-state index is -0.820. The van der Waals surface area contributed by atoms with E-state index < -0.39 is 4.87 Å². The fourth-order valence-electron chi connectivity index (χ4n) is 1.66. The Morgan fingerprint density at radius 3 is 1.89 bits per heavy atom. The Labute approximate surface area is 128 Å². The highest BCUT2D eigenvalue weighted by atomic mass is 127. The van der Waals surface area contributed by atoms with E-state index in [0.29, 0.717) is 0 Å². The van der Waals surface area contributed by atoms with Gasteiger partial charge in [0.2, 0.25) is 0 Å². The van der Waals surface area contributed by atoms with Gasteiger partial charge in [0.05, 0.1) is 0 Å². The number of hydrogen-bond donors (Lipinski definition) is 2. The average Bonchev–Trinajstić information content (AvgIpc) is 2.39. The summed E-state index contributed by atoms with van der Waals surface area (Å²) < 4.78 is 1.14. The van der Waals surface area contributed by atoms with E-state index in [9.17, 15) is 5.11 Å². The molecule has 0 aromatic heterocycles. The van der Waals surface area contributed by atoms with E-state index >= 15 is 0 Å². The number of hydrogen-bond acceptors (Lipinski definition) is 3. The molecule has 0 saturated carbocycles. The second-order valence-corrected chi connectivity index (χ2v) is 6.37. The number of halogens is 2. The molecule has 0 aliphatic carbocycles. The Balaban J connectivity index is 2.47. The first-order chi connectivity index (χ1) is 8.56. The van der Waals surface area contributed by atoms with Crippen LogP contribution in [-0.2, 0) is 4.87 Å². The largest absolute Gasteiger partial charge is 0.508 e. The quantitative estimate of drug-likeness (QED) is 0.613. The summed E-state index contributed by atoms with van der Waals surface area (Å²) in [5.41, 5.74) is 8.16. The Bertz CT molecular complexity index is 484. The summed E-state index contributed by atoms with van der Waals surface area (Å²) in [5.74, 6) is 0.211. The molecule has 0 radical (unpaired) electrons. The molecule has 2 aromatic carbocycles. The molecule has 0 spiro atoms. The van der Waals surface area contributed by atoms with E-state index in [2.05, 4.69) is 22.6 Å². The molecule has 2 rings (SSSR count). The highest BCUT2D eigenvalue weighted by Gasteiger charge is 2.30. The van der Waals surface area contributed by atoms with Crippen LogP contribution >= 0.6 is 44.2 Å². The lowest BCUT2D eigenvalue weighted by atomic mass is 9.99. The van der Waals surface area contributed by atoms with E-state index in [-0.39, 0.29) is 5.75 Å². The fourth-order valence-corrected chi connectivity index (χ4v) is 3.01. The monoisotopic (exact) mass is 391 g/mol. The molecule has 0 saturated heterocycles. The van der Waals surface area contributed by atoms with Gasteiger partial charge in [-0.15, -0.1) is 0 Å². The predicted octanol–water partition coefficient (Wildman–Crippen LogP) is 4.04. The van der Waals surface area contributed by atoms with Gasteiger partial charge in [-0.2, -0.15) is 0 Å². The zero-order valence-electron chi connectivity index (χ0n) is 9.31. The topological polar surface area (TPSA) is 46.2 Å². The van der Waals surface area contributed by atoms with Gasteiger partial charge in [0.25, 0.3) is 0 Å². The van der Waals surface area contributed by atoms with Crippen molar-refractivity contribution in [3.63, 3.8) is 0 Å². The van der Waals surface area contributed by atoms with Crippen molar-refractivity contribution in [3.05, 3.63) is 63.2 Å². The second kappa shape index (κ2) is 5.69. The number of phenolic OH excluding ortho intramolecular Hbond substituents is 1. The molecule has 94 valence electrons. The van der Waals surface area contributed by atoms with Gasteiger partial charge >= 0.3 is 0 Å². The predicted molar refractivity (Wildman–Crippen MR) is 85.7 cm³/mol. The van der Waals surface area contributed by atoms with Crippen LogP contribution in [0.2, 0.25) is 0 Å². The molecule has 1 atom stereocenters. The third kappa shape index (κ3) is 2.77. The lowest BCUT2D eigenvalue weighted by Crippen LogP contribution is -2.33. The first-order valence-electron chi connectivity index (χ1n) is 5.20. The summed E-state index contributed by atoms with van der Waals surface area (Å²) in [4.78, 5) is -0.820. The van der Waals surface area contributed by atoms with Gasteiger partial charge in [-0.1, -0.05) is 24.3 Å². The summed E-state index contributed by atoms with van der Waals surface area (Å²) >= 11 is 2.24. The highest BCUT2D eigenvalue weighted by molar-refractivity contribution is 14.1. The van der Waals surface area contributed by atoms with Crippen molar-refractivity contribution in [2.24, 2.45) is 5.73 Å². The first-order valence-corrected chi connectivity index (χ1v) is 7.92. The third-order valence-electron chi connectivity index (χ3n) is 2.69. The summed E-state index contributed by atoms with van der Waals surface area (Å²) in [7, 11) is 7.04. The standard InChI is InChI=1S/C13H11ClINOS/c14-18-13(16,9-1-5-11(15)6-2-9)10-3-7-12(17)8-4-10/h1-8,17H,16H2. The number of aromatic hydroxyl groups is 1. The van der Waals surface area contributed by atoms with Crippen molar-refractivity contribution in [3.8, 4) is 5.75 Å². The van der Waals surface area contributed by atoms with Crippen LogP contribution in [0.1, 0.15) is 11.1 Å². The zero-order valence-corrected chi connectivity index (χ0v) is 13.0. The maximum atomic E-state index is 9.32. The summed E-state index contributed by atoms with van der Waals surface area (Å²) in [6.45, 7) is 0. The van der Waals surface area contributed by atoms with Crippen molar-refractivity contribution >= 4 is 44.2 Å². The molecule has 0 bridgehead atoms. The number of nitrogens with two attached hydrogens (primary N) is 1. The van der Waals surface area contributed by atoms with Gasteiger partial charge in [-0.25, -0.2) is 0 Å². The normalized spacial score (nSPS) is 14.2. The van der Waals surface area contributed by atoms with Crippen LogP contribution in [0.3, 0.4) is 0 Å². The van der Waals surface area contributed by atoms with Gasteiger partial charge in [0, 0.05) is 3.57 Å². The van der Waals surface area contributed by atoms with E-state index in [1.165, 1.54) is 0 Å². The van der Waals surface area contributed by atoms with Gasteiger partial charge in [-0.3, -0.25) is 0 Å². The zero-order chi connectivity index (χ0) is 13.2. The molecular weight excluding hydrogens is 381 g/mol. The van der Waals surface area contributed by atoms with Crippen molar-refractivity contribution in [2.45, 2.75) is 4.87 Å². The van der Waals surface area contributed by atoms with E-state index in [0.717, 1.165) is 25.7 Å². The van der Waals surface area contributed by atoms with E-state index in [4.69, 9.17) is 16.4 Å². The molecule has 2 aromatic rings. The molecule has 0 fully saturated rings. The number of phenols is 1. The molecule has 0 amide bonds. The maximum absolute atomic E-state index is 9.32. The van der Waals surface area contributed by atoms with Crippen molar-refractivity contribution < 1.29 is 5.11 Å². The molecule has 5 heteroatoms. The molecule has 0 aliphatic rings. The van der Waals surface area contributed by atoms with Crippen LogP contribution in [-0.4, -0.2) is 5.11 Å². The van der Waals surface area contributed by atoms with Crippen LogP contribution in [0.4, 0.5) is 0 Å². The van der Waals surface area contributed by atoms with Gasteiger partial charge in [0.15, 0.2) is 0 Å². The van der Waals surface area contributed by atoms with Gasteiger partial charge in [0.1, 0.15) is 10.6 Å². The highest BCUT2D eigenvalue weighted by Crippen LogP contribution is 2.40. The lowest BCUT2D eigenvalue weighted by molar-refractivity contribution is 0.475. The molecule has 3 N–H and O–H groups in total. The summed E-state index contributed by atoms with van der Waals surface area (Å²) in [6, 6.07) is 14.7. The van der Waals surface area contributed by atoms with Crippen LogP contribution < -0.4 is 5.73 Å². The Hall–Kier alpha value is -0.430. The van der Waals surface area contributed by atoms with E-state index in [1.54, 1.807) is 24.3 Å². The van der Waals surface area contributed by atoms with Crippen molar-refractivity contribution in [1.29, 1.82) is 0 Å². The first kappa shape index (κ1) is 14.0. The lowest BCUT2D eigenvalue weighted by Gasteiger charge is -2.27. The SMILES string of the molecule is NC(SCl)(c1ccc(O)cc1)c1ccc(I)cc1. The molecule has 1 unspecified atom stereocenters. The smallest absolute Gasteiger partial charge is 0.128 e. The maximum Gasteiger partial charge on any atom is 0.128 e. The van der Waals surface area contributed by atoms with Gasteiger partial charge < -0.3 is 10.8 Å². The second-order valence-electron chi connectivity index (χ2n) is 3.87. The summed E-state index contributed by atoms with van der Waals surface area (Å²) in [6.07, 6.45) is 0. The molecular formula is C13H11ClINOS. The fraction of sp³-hybridized carbons (Fsp3) is 0.0769. The molecule has 0 aliphatic heterocycles. The average molecular weight is 392 g/mol.